The van der Waals surface area contributed by atoms with Gasteiger partial charge in [-0.2, -0.15) is 4.98 Å². The molecule has 0 spiro atoms. The number of nitrogens with zero attached hydrogens (tertiary/aromatic N) is 7. The molecule has 0 bridgehead atoms. The van der Waals surface area contributed by atoms with Crippen LogP contribution in [0.1, 0.15) is 43.7 Å². The number of hydrogen-bond donors (Lipinski definition) is 0. The first-order valence-corrected chi connectivity index (χ1v) is 12.1. The minimum Gasteiger partial charge on any atom is -0.337 e. The first-order chi connectivity index (χ1) is 16.7. The van der Waals surface area contributed by atoms with Gasteiger partial charge in [-0.3, -0.25) is 14.6 Å². The summed E-state index contributed by atoms with van der Waals surface area (Å²) in [6.45, 7) is 9.95. The molecule has 9 nitrogen and oxygen atoms in total. The van der Waals surface area contributed by atoms with E-state index in [9.17, 15) is 9.59 Å². The van der Waals surface area contributed by atoms with Crippen molar-refractivity contribution < 1.29 is 9.59 Å². The molecule has 9 heteroatoms. The van der Waals surface area contributed by atoms with Crippen molar-refractivity contribution in [3.8, 4) is 0 Å². The van der Waals surface area contributed by atoms with Crippen LogP contribution in [0.25, 0.3) is 10.9 Å². The Kier molecular flexibility index (Phi) is 5.78. The summed E-state index contributed by atoms with van der Waals surface area (Å²) in [5, 5.41) is 1.04. The minimum atomic E-state index is -0.0691. The number of fused-ring (bicyclic) bond motifs is 2. The van der Waals surface area contributed by atoms with Crippen LogP contribution in [0, 0.1) is 0 Å². The lowest BCUT2D eigenvalue weighted by molar-refractivity contribution is -0.131. The molecular formula is C26H31N7O2. The number of pyridine rings is 1. The molecule has 2 amide bonds. The van der Waals surface area contributed by atoms with Gasteiger partial charge in [0.1, 0.15) is 11.5 Å². The number of hydrogen-bond acceptors (Lipinski definition) is 7. The number of aromatic nitrogens is 3. The molecule has 0 unspecified atom stereocenters. The lowest BCUT2D eigenvalue weighted by atomic mass is 10.2. The Morgan fingerprint density at radius 3 is 2.66 bits per heavy atom. The number of benzene rings is 1. The van der Waals surface area contributed by atoms with Crippen LogP contribution in [0.5, 0.6) is 0 Å². The molecule has 0 radical (unpaired) electrons. The lowest BCUT2D eigenvalue weighted by Crippen LogP contribution is -2.54. The van der Waals surface area contributed by atoms with Crippen LogP contribution in [0.3, 0.4) is 0 Å². The molecule has 0 saturated carbocycles. The molecule has 4 heterocycles. The maximum atomic E-state index is 13.3. The van der Waals surface area contributed by atoms with Crippen molar-refractivity contribution >= 4 is 40.2 Å². The lowest BCUT2D eigenvalue weighted by Gasteiger charge is -2.39. The van der Waals surface area contributed by atoms with Gasteiger partial charge < -0.3 is 19.6 Å². The third kappa shape index (κ3) is 4.05. The summed E-state index contributed by atoms with van der Waals surface area (Å²) in [5.41, 5.74) is 3.11. The highest BCUT2D eigenvalue weighted by atomic mass is 16.2. The molecule has 0 N–H and O–H groups in total. The van der Waals surface area contributed by atoms with Crippen molar-refractivity contribution in [2.45, 2.75) is 46.3 Å². The number of carbonyl (C=O) groups excluding carboxylic acids is 2. The van der Waals surface area contributed by atoms with E-state index in [-0.39, 0.29) is 23.9 Å². The van der Waals surface area contributed by atoms with Crippen LogP contribution in [0.15, 0.2) is 36.5 Å². The van der Waals surface area contributed by atoms with E-state index in [0.717, 1.165) is 22.2 Å². The third-order valence-electron chi connectivity index (χ3n) is 6.98. The highest BCUT2D eigenvalue weighted by molar-refractivity contribution is 5.99. The Morgan fingerprint density at radius 1 is 1.17 bits per heavy atom. The molecule has 2 aromatic heterocycles. The molecule has 1 saturated heterocycles. The van der Waals surface area contributed by atoms with Crippen LogP contribution < -0.4 is 9.80 Å². The van der Waals surface area contributed by atoms with E-state index in [2.05, 4.69) is 16.0 Å². The SMILES string of the molecule is CC(=O)N1CCN(c2nc3c(c(N(C)c4cnc5ccccc5c4)n2)CN(C(C)C)C3=O)C[C@H]1C. The van der Waals surface area contributed by atoms with Gasteiger partial charge in [-0.15, -0.1) is 0 Å². The van der Waals surface area contributed by atoms with Crippen LogP contribution in [0.2, 0.25) is 0 Å². The Labute approximate surface area is 205 Å². The maximum absolute atomic E-state index is 13.3. The topological polar surface area (TPSA) is 85.8 Å². The van der Waals surface area contributed by atoms with Gasteiger partial charge in [-0.25, -0.2) is 4.98 Å². The molecule has 1 fully saturated rings. The summed E-state index contributed by atoms with van der Waals surface area (Å²) in [6, 6.07) is 10.2. The molecular weight excluding hydrogens is 442 g/mol. The van der Waals surface area contributed by atoms with Gasteiger partial charge in [0.25, 0.3) is 5.91 Å². The second-order valence-electron chi connectivity index (χ2n) is 9.65. The summed E-state index contributed by atoms with van der Waals surface area (Å²) < 4.78 is 0. The fourth-order valence-corrected chi connectivity index (χ4v) is 4.97. The van der Waals surface area contributed by atoms with Crippen LogP contribution in [-0.2, 0) is 11.3 Å². The molecule has 0 aliphatic carbocycles. The summed E-state index contributed by atoms with van der Waals surface area (Å²) in [6.07, 6.45) is 1.83. The van der Waals surface area contributed by atoms with Crippen molar-refractivity contribution in [3.63, 3.8) is 0 Å². The standard InChI is InChI=1S/C26H31N7O2/c1-16(2)33-15-21-23(25(33)35)28-26(31-10-11-32(18(4)34)17(3)14-31)29-24(21)30(5)20-12-19-8-6-7-9-22(19)27-13-20/h6-9,12-13,16-17H,10-11,14-15H2,1-5H3/t17-/m1/s1. The fraction of sp³-hybridized carbons (Fsp3) is 0.423. The molecule has 182 valence electrons. The molecule has 35 heavy (non-hydrogen) atoms. The van der Waals surface area contributed by atoms with Gasteiger partial charge in [0.2, 0.25) is 11.9 Å². The number of carbonyl (C=O) groups is 2. The second kappa shape index (κ2) is 8.79. The third-order valence-corrected chi connectivity index (χ3v) is 6.98. The number of rotatable bonds is 4. The average molecular weight is 474 g/mol. The predicted octanol–water partition coefficient (Wildman–Crippen LogP) is 3.21. The zero-order valence-electron chi connectivity index (χ0n) is 20.9. The van der Waals surface area contributed by atoms with Gasteiger partial charge >= 0.3 is 0 Å². The second-order valence-corrected chi connectivity index (χ2v) is 9.65. The van der Waals surface area contributed by atoms with Gasteiger partial charge in [0.15, 0.2) is 0 Å². The van der Waals surface area contributed by atoms with Crippen molar-refractivity contribution in [3.05, 3.63) is 47.8 Å². The van der Waals surface area contributed by atoms with E-state index in [1.807, 2.05) is 73.0 Å². The van der Waals surface area contributed by atoms with Crippen LogP contribution in [0.4, 0.5) is 17.5 Å². The van der Waals surface area contributed by atoms with E-state index in [1.54, 1.807) is 6.92 Å². The fourth-order valence-electron chi connectivity index (χ4n) is 4.97. The van der Waals surface area contributed by atoms with Gasteiger partial charge in [0.05, 0.1) is 23.9 Å². The molecule has 3 aromatic rings. The summed E-state index contributed by atoms with van der Waals surface area (Å²) in [5.74, 6) is 1.23. The van der Waals surface area contributed by atoms with Crippen LogP contribution in [-0.4, -0.2) is 75.3 Å². The maximum Gasteiger partial charge on any atom is 0.273 e. The van der Waals surface area contributed by atoms with E-state index in [4.69, 9.17) is 9.97 Å². The van der Waals surface area contributed by atoms with Gasteiger partial charge in [0, 0.05) is 56.6 Å². The van der Waals surface area contributed by atoms with Crippen molar-refractivity contribution in [1.82, 2.24) is 24.8 Å². The monoisotopic (exact) mass is 473 g/mol. The smallest absolute Gasteiger partial charge is 0.273 e. The molecule has 1 atom stereocenters. The first-order valence-electron chi connectivity index (χ1n) is 12.1. The highest BCUT2D eigenvalue weighted by Gasteiger charge is 2.37. The highest BCUT2D eigenvalue weighted by Crippen LogP contribution is 2.35. The zero-order chi connectivity index (χ0) is 24.9. The number of piperazine rings is 1. The predicted molar refractivity (Wildman–Crippen MR) is 136 cm³/mol. The Bertz CT molecular complexity index is 1310. The average Bonchev–Trinajstić information content (AvgIpc) is 3.19. The minimum absolute atomic E-state index is 0.0341. The molecule has 2 aliphatic rings. The van der Waals surface area contributed by atoms with Crippen molar-refractivity contribution in [2.24, 2.45) is 0 Å². The molecule has 5 rings (SSSR count). The Balaban J connectivity index is 1.57. The normalized spacial score (nSPS) is 17.9. The largest absolute Gasteiger partial charge is 0.337 e. The summed E-state index contributed by atoms with van der Waals surface area (Å²) >= 11 is 0. The number of para-hydroxylation sites is 1. The molecule has 2 aliphatic heterocycles. The summed E-state index contributed by atoms with van der Waals surface area (Å²) in [7, 11) is 1.96. The zero-order valence-corrected chi connectivity index (χ0v) is 20.9. The molecule has 1 aromatic carbocycles. The van der Waals surface area contributed by atoms with E-state index in [1.165, 1.54) is 0 Å². The Hall–Kier alpha value is -3.75. The Morgan fingerprint density at radius 2 is 1.94 bits per heavy atom. The summed E-state index contributed by atoms with van der Waals surface area (Å²) in [4.78, 5) is 47.4. The number of amides is 2. The van der Waals surface area contributed by atoms with E-state index >= 15 is 0 Å². The number of anilines is 3. The van der Waals surface area contributed by atoms with E-state index < -0.39 is 0 Å². The van der Waals surface area contributed by atoms with Crippen LogP contribution >= 0.6 is 0 Å². The van der Waals surface area contributed by atoms with Crippen molar-refractivity contribution in [1.29, 1.82) is 0 Å². The first kappa shape index (κ1) is 23.0. The van der Waals surface area contributed by atoms with E-state index in [0.29, 0.717) is 43.6 Å². The quantitative estimate of drug-likeness (QED) is 0.575. The van der Waals surface area contributed by atoms with Crippen molar-refractivity contribution in [2.75, 3.05) is 36.5 Å². The van der Waals surface area contributed by atoms with Gasteiger partial charge in [-0.1, -0.05) is 18.2 Å². The van der Waals surface area contributed by atoms with Gasteiger partial charge in [-0.05, 0) is 32.9 Å².